The van der Waals surface area contributed by atoms with Gasteiger partial charge in [-0.3, -0.25) is 9.69 Å². The van der Waals surface area contributed by atoms with E-state index in [4.69, 9.17) is 14.0 Å². The van der Waals surface area contributed by atoms with Crippen molar-refractivity contribution in [2.75, 3.05) is 27.3 Å². The lowest BCUT2D eigenvalue weighted by Gasteiger charge is -2.32. The summed E-state index contributed by atoms with van der Waals surface area (Å²) in [6.45, 7) is 4.18. The van der Waals surface area contributed by atoms with E-state index in [9.17, 15) is 4.79 Å². The molecular weight excluding hydrogens is 432 g/mol. The molecule has 1 N–H and O–H groups in total. The molecule has 3 aromatic rings. The molecule has 1 amide bonds. The minimum Gasteiger partial charge on any atom is -0.493 e. The summed E-state index contributed by atoms with van der Waals surface area (Å²) in [7, 11) is 3.19. The van der Waals surface area contributed by atoms with E-state index in [1.165, 1.54) is 0 Å². The number of hydrogen-bond donors (Lipinski definition) is 1. The number of nitrogens with one attached hydrogen (secondary N) is 1. The van der Waals surface area contributed by atoms with Crippen molar-refractivity contribution in [2.45, 2.75) is 38.8 Å². The second-order valence-electron chi connectivity index (χ2n) is 8.54. The Bertz CT molecular complexity index is 1090. The maximum absolute atomic E-state index is 13.0. The summed E-state index contributed by atoms with van der Waals surface area (Å²) in [6.07, 6.45) is 2.69. The van der Waals surface area contributed by atoms with Crippen LogP contribution in [-0.2, 0) is 11.3 Å². The molecule has 0 aliphatic carbocycles. The van der Waals surface area contributed by atoms with Crippen LogP contribution in [0.2, 0.25) is 0 Å². The van der Waals surface area contributed by atoms with Crippen LogP contribution in [0.25, 0.3) is 11.4 Å². The minimum absolute atomic E-state index is 0.0315. The number of carbonyl (C=O) groups excluding carboxylic acids is 1. The summed E-state index contributed by atoms with van der Waals surface area (Å²) >= 11 is 0. The number of hydrogen-bond acceptors (Lipinski definition) is 7. The first-order chi connectivity index (χ1) is 16.6. The molecule has 1 fully saturated rings. The van der Waals surface area contributed by atoms with Gasteiger partial charge in [0, 0.05) is 12.1 Å². The predicted octanol–water partition coefficient (Wildman–Crippen LogP) is 4.23. The molecule has 1 saturated heterocycles. The first-order valence-electron chi connectivity index (χ1n) is 11.7. The van der Waals surface area contributed by atoms with Gasteiger partial charge >= 0.3 is 0 Å². The van der Waals surface area contributed by atoms with Crippen molar-refractivity contribution in [2.24, 2.45) is 5.92 Å². The van der Waals surface area contributed by atoms with Crippen LogP contribution >= 0.6 is 0 Å². The van der Waals surface area contributed by atoms with Crippen molar-refractivity contribution in [3.05, 3.63) is 60.0 Å². The van der Waals surface area contributed by atoms with Gasteiger partial charge in [0.1, 0.15) is 0 Å². The Hall–Kier alpha value is -3.39. The van der Waals surface area contributed by atoms with Gasteiger partial charge in [-0.1, -0.05) is 42.4 Å². The van der Waals surface area contributed by atoms with Gasteiger partial charge in [-0.05, 0) is 49.6 Å². The fraction of sp³-hybridized carbons (Fsp3) is 0.423. The third-order valence-electron chi connectivity index (χ3n) is 6.27. The molecule has 2 heterocycles. The summed E-state index contributed by atoms with van der Waals surface area (Å²) in [4.78, 5) is 19.8. The van der Waals surface area contributed by atoms with Crippen LogP contribution in [0.5, 0.6) is 11.5 Å². The number of amides is 1. The molecule has 2 atom stereocenters. The molecule has 2 aromatic carbocycles. The molecular formula is C26H32N4O4. The SMILES string of the molecule is CCC(NC(=O)C1CCCN(Cc2nc(-c3ccc(OC)c(OC)c3)no2)C1)c1ccccc1. The Balaban J connectivity index is 1.37. The van der Waals surface area contributed by atoms with Crippen molar-refractivity contribution in [3.8, 4) is 22.9 Å². The highest BCUT2D eigenvalue weighted by atomic mass is 16.5. The second kappa shape index (κ2) is 11.2. The van der Waals surface area contributed by atoms with E-state index in [1.54, 1.807) is 14.2 Å². The number of nitrogens with zero attached hydrogens (tertiary/aromatic N) is 3. The highest BCUT2D eigenvalue weighted by molar-refractivity contribution is 5.79. The summed E-state index contributed by atoms with van der Waals surface area (Å²) < 4.78 is 16.2. The lowest BCUT2D eigenvalue weighted by atomic mass is 9.95. The summed E-state index contributed by atoms with van der Waals surface area (Å²) in [6, 6.07) is 15.7. The first kappa shape index (κ1) is 23.8. The smallest absolute Gasteiger partial charge is 0.241 e. The van der Waals surface area contributed by atoms with Crippen molar-refractivity contribution in [1.82, 2.24) is 20.4 Å². The van der Waals surface area contributed by atoms with Gasteiger partial charge in [-0.2, -0.15) is 4.98 Å². The van der Waals surface area contributed by atoms with Crippen molar-refractivity contribution in [1.29, 1.82) is 0 Å². The van der Waals surface area contributed by atoms with Crippen LogP contribution in [0, 0.1) is 5.92 Å². The topological polar surface area (TPSA) is 89.7 Å². The van der Waals surface area contributed by atoms with E-state index >= 15 is 0 Å². The van der Waals surface area contributed by atoms with Crippen LogP contribution < -0.4 is 14.8 Å². The molecule has 0 saturated carbocycles. The molecule has 1 aliphatic rings. The van der Waals surface area contributed by atoms with Crippen molar-refractivity contribution >= 4 is 5.91 Å². The molecule has 34 heavy (non-hydrogen) atoms. The van der Waals surface area contributed by atoms with E-state index in [-0.39, 0.29) is 17.9 Å². The van der Waals surface area contributed by atoms with E-state index in [0.717, 1.165) is 36.9 Å². The molecule has 2 unspecified atom stereocenters. The van der Waals surface area contributed by atoms with Crippen molar-refractivity contribution in [3.63, 3.8) is 0 Å². The molecule has 8 nitrogen and oxygen atoms in total. The molecule has 1 aromatic heterocycles. The third kappa shape index (κ3) is 5.56. The third-order valence-corrected chi connectivity index (χ3v) is 6.27. The van der Waals surface area contributed by atoms with E-state index in [2.05, 4.69) is 39.4 Å². The quantitative estimate of drug-likeness (QED) is 0.507. The normalized spacial score (nSPS) is 17.2. The van der Waals surface area contributed by atoms with Gasteiger partial charge in [-0.25, -0.2) is 0 Å². The monoisotopic (exact) mass is 464 g/mol. The van der Waals surface area contributed by atoms with Crippen molar-refractivity contribution < 1.29 is 18.8 Å². The summed E-state index contributed by atoms with van der Waals surface area (Å²) in [5.41, 5.74) is 1.93. The molecule has 1 aliphatic heterocycles. The van der Waals surface area contributed by atoms with Crippen LogP contribution in [0.3, 0.4) is 0 Å². The van der Waals surface area contributed by atoms with E-state index < -0.39 is 0 Å². The molecule has 0 spiro atoms. The number of ether oxygens (including phenoxy) is 2. The first-order valence-corrected chi connectivity index (χ1v) is 11.7. The predicted molar refractivity (Wildman–Crippen MR) is 128 cm³/mol. The second-order valence-corrected chi connectivity index (χ2v) is 8.54. The molecule has 180 valence electrons. The standard InChI is InChI=1S/C26H32N4O4/c1-4-21(18-9-6-5-7-10-18)27-26(31)20-11-8-14-30(16-20)17-24-28-25(29-34-24)19-12-13-22(32-2)23(15-19)33-3/h5-7,9-10,12-13,15,20-21H,4,8,11,14,16-17H2,1-3H3,(H,27,31). The van der Waals surface area contributed by atoms with Gasteiger partial charge in [0.05, 0.1) is 32.7 Å². The van der Waals surface area contributed by atoms with Gasteiger partial charge in [-0.15, -0.1) is 0 Å². The zero-order valence-electron chi connectivity index (χ0n) is 20.0. The number of benzene rings is 2. The van der Waals surface area contributed by atoms with Crippen LogP contribution in [-0.4, -0.2) is 48.3 Å². The molecule has 0 bridgehead atoms. The van der Waals surface area contributed by atoms with Gasteiger partial charge in [0.25, 0.3) is 0 Å². The zero-order valence-corrected chi connectivity index (χ0v) is 20.0. The van der Waals surface area contributed by atoms with E-state index in [0.29, 0.717) is 36.3 Å². The Morgan fingerprint density at radius 3 is 2.71 bits per heavy atom. The number of methoxy groups -OCH3 is 2. The lowest BCUT2D eigenvalue weighted by Crippen LogP contribution is -2.43. The average molecular weight is 465 g/mol. The summed E-state index contributed by atoms with van der Waals surface area (Å²) in [5, 5.41) is 7.38. The van der Waals surface area contributed by atoms with Gasteiger partial charge < -0.3 is 19.3 Å². The highest BCUT2D eigenvalue weighted by Crippen LogP contribution is 2.31. The lowest BCUT2D eigenvalue weighted by molar-refractivity contribution is -0.127. The Kier molecular flexibility index (Phi) is 7.80. The minimum atomic E-state index is -0.0558. The van der Waals surface area contributed by atoms with E-state index in [1.807, 2.05) is 36.4 Å². The Labute approximate surface area is 200 Å². The molecule has 8 heteroatoms. The van der Waals surface area contributed by atoms with Crippen LogP contribution in [0.15, 0.2) is 53.1 Å². The van der Waals surface area contributed by atoms with Crippen LogP contribution in [0.4, 0.5) is 0 Å². The largest absolute Gasteiger partial charge is 0.493 e. The maximum atomic E-state index is 13.0. The molecule has 0 radical (unpaired) electrons. The average Bonchev–Trinajstić information content (AvgIpc) is 3.35. The zero-order chi connectivity index (χ0) is 23.9. The fourth-order valence-corrected chi connectivity index (χ4v) is 4.41. The number of rotatable bonds is 9. The molecule has 4 rings (SSSR count). The Morgan fingerprint density at radius 1 is 1.18 bits per heavy atom. The number of aromatic nitrogens is 2. The van der Waals surface area contributed by atoms with Gasteiger partial charge in [0.2, 0.25) is 17.6 Å². The fourth-order valence-electron chi connectivity index (χ4n) is 4.41. The van der Waals surface area contributed by atoms with Gasteiger partial charge in [0.15, 0.2) is 11.5 Å². The Morgan fingerprint density at radius 2 is 1.97 bits per heavy atom. The number of likely N-dealkylation sites (tertiary alicyclic amines) is 1. The summed E-state index contributed by atoms with van der Waals surface area (Å²) in [5.74, 6) is 2.33. The van der Waals surface area contributed by atoms with Crippen LogP contribution in [0.1, 0.15) is 43.7 Å². The maximum Gasteiger partial charge on any atom is 0.241 e. The number of piperidine rings is 1. The number of carbonyl (C=O) groups is 1. The highest BCUT2D eigenvalue weighted by Gasteiger charge is 2.28.